The van der Waals surface area contributed by atoms with Gasteiger partial charge in [0.2, 0.25) is 0 Å². The van der Waals surface area contributed by atoms with Gasteiger partial charge in [0.05, 0.1) is 0 Å². The van der Waals surface area contributed by atoms with E-state index in [9.17, 15) is 0 Å². The minimum atomic E-state index is -2.94. The van der Waals surface area contributed by atoms with E-state index >= 15 is 0 Å². The van der Waals surface area contributed by atoms with Crippen LogP contribution >= 0.6 is 0 Å². The number of hydrogen-bond acceptors (Lipinski definition) is 0. The Hall–Kier alpha value is -2.18. The first-order chi connectivity index (χ1) is 23.6. The van der Waals surface area contributed by atoms with Crippen molar-refractivity contribution in [3.8, 4) is 22.3 Å². The number of halogens is 2. The molecule has 0 spiro atoms. The van der Waals surface area contributed by atoms with Crippen LogP contribution in [0.3, 0.4) is 0 Å². The first kappa shape index (κ1) is 40.0. The third-order valence-corrected chi connectivity index (χ3v) is 26.3. The quantitative estimate of drug-likeness (QED) is 0.151. The second-order valence-corrected chi connectivity index (χ2v) is 27.4. The second-order valence-electron chi connectivity index (χ2n) is 16.0. The Morgan fingerprint density at radius 1 is 0.510 bits per heavy atom. The van der Waals surface area contributed by atoms with Crippen molar-refractivity contribution in [2.75, 3.05) is 0 Å². The van der Waals surface area contributed by atoms with E-state index in [0.29, 0.717) is 7.25 Å². The van der Waals surface area contributed by atoms with E-state index in [1.165, 1.54) is 102 Å². The predicted octanol–water partition coefficient (Wildman–Crippen LogP) is 8.46. The zero-order valence-corrected chi connectivity index (χ0v) is 36.8. The molecule has 0 N–H and O–H groups in total. The van der Waals surface area contributed by atoms with Crippen molar-refractivity contribution in [1.82, 2.24) is 0 Å². The Kier molecular flexibility index (Phi) is 12.3. The number of allylic oxidation sites excluding steroid dienone is 2. The van der Waals surface area contributed by atoms with E-state index in [-0.39, 0.29) is 24.8 Å². The number of rotatable bonds is 10. The third-order valence-electron chi connectivity index (χ3n) is 13.3. The molecule has 1 saturated heterocycles. The normalized spacial score (nSPS) is 17.4. The van der Waals surface area contributed by atoms with Gasteiger partial charge >= 0.3 is 304 Å². The summed E-state index contributed by atoms with van der Waals surface area (Å²) in [6, 6.07) is 18.3. The maximum absolute atomic E-state index is 2.94. The molecule has 2 unspecified atom stereocenters. The van der Waals surface area contributed by atoms with Crippen LogP contribution in [-0.2, 0) is 20.3 Å². The number of hydrogen-bond donors (Lipinski definition) is 0. The number of aryl methyl sites for hydroxylation is 2. The van der Waals surface area contributed by atoms with Gasteiger partial charge in [0.15, 0.2) is 0 Å². The van der Waals surface area contributed by atoms with Crippen LogP contribution in [0.5, 0.6) is 0 Å². The van der Waals surface area contributed by atoms with Gasteiger partial charge in [0.1, 0.15) is 0 Å². The van der Waals surface area contributed by atoms with Gasteiger partial charge in [-0.15, -0.1) is 0 Å². The fraction of sp³-hybridized carbons (Fsp3) is 0.417. The molecule has 7 rings (SSSR count). The minimum Gasteiger partial charge on any atom is -1.00 e. The van der Waals surface area contributed by atoms with Gasteiger partial charge in [-0.2, -0.15) is 0 Å². The standard InChI is InChI=1S/2C23H27.C2H4.2ClH.Zr/c2*1-6-7-11-19-13-21-17(4)16(3)18(5)23(22(21)14-19)20-12-9-8-10-15(20)2;1-2;;;/h2*8-10,12-14H,6-7,11H2,1-5H3;1-2H2;2*1H;/q;;;;;+2/p-2. The fourth-order valence-corrected chi connectivity index (χ4v) is 28.1. The molecule has 4 aromatic carbocycles. The second kappa shape index (κ2) is 15.7. The SMILES string of the molecule is CCCCC1=Cc2c(-c3ccccc3C)c(C)c(C)c(C)c2[CH]1[Zr+2]1([CH]2C(CCCC)=Cc3c(-c4ccccc4C)c(C)c(C)c(C)c32)[CH2][CH2]1.[Cl-].[Cl-]. The maximum Gasteiger partial charge on any atom is -1.00 e. The molecule has 51 heavy (non-hydrogen) atoms. The van der Waals surface area contributed by atoms with Crippen LogP contribution in [0.15, 0.2) is 59.7 Å². The van der Waals surface area contributed by atoms with Crippen molar-refractivity contribution >= 4 is 12.2 Å². The molecule has 2 aliphatic carbocycles. The molecule has 0 saturated carbocycles. The largest absolute Gasteiger partial charge is 1.00 e. The molecule has 4 aromatic rings. The van der Waals surface area contributed by atoms with E-state index < -0.39 is 20.3 Å². The monoisotopic (exact) mass is 794 g/mol. The molecule has 0 bridgehead atoms. The first-order valence-corrected chi connectivity index (χ1v) is 25.7. The predicted molar refractivity (Wildman–Crippen MR) is 212 cm³/mol. The summed E-state index contributed by atoms with van der Waals surface area (Å²) < 4.78 is 4.41. The van der Waals surface area contributed by atoms with E-state index in [2.05, 4.69) is 130 Å². The van der Waals surface area contributed by atoms with Crippen LogP contribution < -0.4 is 24.8 Å². The van der Waals surface area contributed by atoms with Gasteiger partial charge in [-0.05, 0) is 0 Å². The summed E-state index contributed by atoms with van der Waals surface area (Å²) in [4.78, 5) is 0. The van der Waals surface area contributed by atoms with Crippen molar-refractivity contribution in [1.29, 1.82) is 0 Å². The summed E-state index contributed by atoms with van der Waals surface area (Å²) >= 11 is -2.94. The van der Waals surface area contributed by atoms with E-state index in [4.69, 9.17) is 0 Å². The molecule has 1 fully saturated rings. The molecule has 268 valence electrons. The van der Waals surface area contributed by atoms with Crippen LogP contribution in [0.1, 0.15) is 126 Å². The van der Waals surface area contributed by atoms with Crippen molar-refractivity contribution in [3.63, 3.8) is 0 Å². The zero-order valence-electron chi connectivity index (χ0n) is 32.8. The van der Waals surface area contributed by atoms with Gasteiger partial charge in [0.25, 0.3) is 0 Å². The average Bonchev–Trinajstić information content (AvgIpc) is 3.65. The molecule has 3 heteroatoms. The first-order valence-electron chi connectivity index (χ1n) is 19.4. The van der Waals surface area contributed by atoms with Crippen LogP contribution in [0.4, 0.5) is 0 Å². The van der Waals surface area contributed by atoms with E-state index in [1.54, 1.807) is 44.5 Å². The molecule has 0 aromatic heterocycles. The summed E-state index contributed by atoms with van der Waals surface area (Å²) in [5.41, 5.74) is 28.2. The van der Waals surface area contributed by atoms with E-state index in [1.807, 2.05) is 0 Å². The fourth-order valence-electron chi connectivity index (χ4n) is 10.2. The van der Waals surface area contributed by atoms with Crippen LogP contribution in [0.2, 0.25) is 8.26 Å². The Bertz CT molecular complexity index is 1900. The van der Waals surface area contributed by atoms with Gasteiger partial charge in [-0.25, -0.2) is 0 Å². The van der Waals surface area contributed by atoms with Crippen LogP contribution in [0.25, 0.3) is 34.4 Å². The molecule has 2 atom stereocenters. The number of fused-ring (bicyclic) bond motifs is 2. The third kappa shape index (κ3) is 6.44. The summed E-state index contributed by atoms with van der Waals surface area (Å²) in [5.74, 6) is 0. The van der Waals surface area contributed by atoms with Gasteiger partial charge < -0.3 is 24.8 Å². The van der Waals surface area contributed by atoms with Crippen LogP contribution in [0, 0.1) is 55.4 Å². The van der Waals surface area contributed by atoms with Crippen molar-refractivity contribution in [2.45, 2.75) is 123 Å². The van der Waals surface area contributed by atoms with E-state index in [0.717, 1.165) is 0 Å². The number of unbranched alkanes of at least 4 members (excludes halogenated alkanes) is 2. The molecule has 0 amide bonds. The van der Waals surface area contributed by atoms with Gasteiger partial charge in [-0.1, -0.05) is 0 Å². The van der Waals surface area contributed by atoms with Crippen molar-refractivity contribution < 1.29 is 45.1 Å². The molecular weight excluding hydrogens is 739 g/mol. The molecule has 1 aliphatic heterocycles. The Balaban J connectivity index is 0.00000252. The van der Waals surface area contributed by atoms with Crippen LogP contribution in [-0.4, -0.2) is 0 Å². The minimum absolute atomic E-state index is 0. The molecular formula is C48H58Cl2Zr. The van der Waals surface area contributed by atoms with Gasteiger partial charge in [-0.3, -0.25) is 0 Å². The smallest absolute Gasteiger partial charge is 1.00 e. The maximum atomic E-state index is 2.76. The molecule has 0 nitrogen and oxygen atoms in total. The Morgan fingerprint density at radius 3 is 1.22 bits per heavy atom. The summed E-state index contributed by atoms with van der Waals surface area (Å²) in [6.07, 6.45) is 13.1. The zero-order chi connectivity index (χ0) is 34.8. The summed E-state index contributed by atoms with van der Waals surface area (Å²) in [5, 5.41) is 0. The average molecular weight is 797 g/mol. The van der Waals surface area contributed by atoms with Gasteiger partial charge in [0, 0.05) is 0 Å². The molecule has 3 aliphatic rings. The van der Waals surface area contributed by atoms with Crippen molar-refractivity contribution in [2.24, 2.45) is 0 Å². The topological polar surface area (TPSA) is 0 Å². The number of benzene rings is 4. The summed E-state index contributed by atoms with van der Waals surface area (Å²) in [6.45, 7) is 24.0. The Labute approximate surface area is 326 Å². The molecule has 0 radical (unpaired) electrons. The summed E-state index contributed by atoms with van der Waals surface area (Å²) in [7, 11) is 0. The van der Waals surface area contributed by atoms with Crippen molar-refractivity contribution in [3.05, 3.63) is 126 Å². The molecule has 1 heterocycles. The Morgan fingerprint density at radius 2 is 0.882 bits per heavy atom.